The Morgan fingerprint density at radius 1 is 0.897 bits per heavy atom. The molecular formula is C24H19N3O2. The van der Waals surface area contributed by atoms with Gasteiger partial charge < -0.3 is 5.32 Å². The third-order valence-electron chi connectivity index (χ3n) is 4.53. The van der Waals surface area contributed by atoms with Gasteiger partial charge in [-0.05, 0) is 35.9 Å². The monoisotopic (exact) mass is 381 g/mol. The van der Waals surface area contributed by atoms with Crippen molar-refractivity contribution in [3.63, 3.8) is 0 Å². The number of amides is 1. The number of anilines is 1. The highest BCUT2D eigenvalue weighted by Crippen LogP contribution is 2.22. The predicted octanol–water partition coefficient (Wildman–Crippen LogP) is 4.92. The molecule has 142 valence electrons. The fourth-order valence-corrected chi connectivity index (χ4v) is 3.16. The first-order chi connectivity index (χ1) is 14.1. The van der Waals surface area contributed by atoms with Gasteiger partial charge in [0.05, 0.1) is 11.2 Å². The Balaban J connectivity index is 1.61. The maximum atomic E-state index is 12.9. The van der Waals surface area contributed by atoms with Crippen molar-refractivity contribution >= 4 is 40.4 Å². The molecule has 0 bridgehead atoms. The summed E-state index contributed by atoms with van der Waals surface area (Å²) in [4.78, 5) is 24.1. The fraction of sp³-hybridized carbons (Fsp3) is 0.0417. The van der Waals surface area contributed by atoms with Crippen LogP contribution in [0.5, 0.6) is 0 Å². The molecule has 4 rings (SSSR count). The minimum atomic E-state index is -0.176. The minimum absolute atomic E-state index is 0.116. The zero-order valence-corrected chi connectivity index (χ0v) is 15.8. The molecule has 1 amide bonds. The molecule has 2 N–H and O–H groups in total. The van der Waals surface area contributed by atoms with E-state index in [0.717, 1.165) is 22.2 Å². The second-order valence-electron chi connectivity index (χ2n) is 6.70. The summed E-state index contributed by atoms with van der Waals surface area (Å²) in [5.74, 6) is -0.292. The van der Waals surface area contributed by atoms with Crippen LogP contribution in [0.25, 0.3) is 23.1 Å². The molecule has 29 heavy (non-hydrogen) atoms. The molecular weight excluding hydrogens is 362 g/mol. The molecule has 1 heterocycles. The van der Waals surface area contributed by atoms with E-state index < -0.39 is 0 Å². The molecule has 0 spiro atoms. The summed E-state index contributed by atoms with van der Waals surface area (Å²) in [5.41, 5.74) is 4.37. The summed E-state index contributed by atoms with van der Waals surface area (Å²) in [7, 11) is 0. The average molecular weight is 381 g/mol. The van der Waals surface area contributed by atoms with E-state index >= 15 is 0 Å². The van der Waals surface area contributed by atoms with Gasteiger partial charge in [-0.15, -0.1) is 0 Å². The third kappa shape index (κ3) is 4.14. The highest BCUT2D eigenvalue weighted by atomic mass is 16.1. The number of hydrogen-bond acceptors (Lipinski definition) is 3. The van der Waals surface area contributed by atoms with Crippen LogP contribution in [-0.4, -0.2) is 21.9 Å². The molecule has 1 aromatic heterocycles. The van der Waals surface area contributed by atoms with Crippen molar-refractivity contribution in [3.8, 4) is 0 Å². The predicted molar refractivity (Wildman–Crippen MR) is 116 cm³/mol. The summed E-state index contributed by atoms with van der Waals surface area (Å²) in [6, 6.07) is 22.4. The van der Waals surface area contributed by atoms with E-state index in [4.69, 9.17) is 0 Å². The van der Waals surface area contributed by atoms with Crippen LogP contribution in [0.3, 0.4) is 0 Å². The first kappa shape index (κ1) is 18.4. The van der Waals surface area contributed by atoms with Crippen molar-refractivity contribution in [2.45, 2.75) is 6.92 Å². The van der Waals surface area contributed by atoms with Gasteiger partial charge in [-0.2, -0.15) is 5.10 Å². The number of hydrogen-bond donors (Lipinski definition) is 2. The maximum Gasteiger partial charge on any atom is 0.221 e. The number of aromatic nitrogens is 2. The van der Waals surface area contributed by atoms with Crippen molar-refractivity contribution in [1.82, 2.24) is 10.2 Å². The van der Waals surface area contributed by atoms with Gasteiger partial charge in [-0.3, -0.25) is 14.7 Å². The summed E-state index contributed by atoms with van der Waals surface area (Å²) in [6.45, 7) is 1.44. The smallest absolute Gasteiger partial charge is 0.221 e. The number of H-pyrrole nitrogens is 1. The Kier molecular flexibility index (Phi) is 5.03. The zero-order chi connectivity index (χ0) is 20.2. The molecule has 0 atom stereocenters. The minimum Gasteiger partial charge on any atom is -0.326 e. The number of nitrogens with zero attached hydrogens (tertiary/aromatic N) is 1. The second-order valence-corrected chi connectivity index (χ2v) is 6.70. The van der Waals surface area contributed by atoms with Gasteiger partial charge >= 0.3 is 0 Å². The number of benzene rings is 3. The fourth-order valence-electron chi connectivity index (χ4n) is 3.16. The summed E-state index contributed by atoms with van der Waals surface area (Å²) in [5, 5.41) is 11.0. The Labute approximate surface area is 168 Å². The quantitative estimate of drug-likeness (QED) is 0.482. The van der Waals surface area contributed by atoms with E-state index in [2.05, 4.69) is 15.5 Å². The van der Waals surface area contributed by atoms with Crippen LogP contribution >= 0.6 is 0 Å². The van der Waals surface area contributed by atoms with Crippen LogP contribution < -0.4 is 5.32 Å². The standard InChI is InChI=1S/C24H19N3O2/c1-16(28)25-20-9-5-8-18(14-20)24(29)19-11-12-21-22(26-27-23(21)15-19)13-10-17-6-3-2-4-7-17/h2-15H,1H3,(H,25,28)(H,26,27)/b13-10+. The number of nitrogens with one attached hydrogen (secondary N) is 2. The molecule has 0 saturated heterocycles. The third-order valence-corrected chi connectivity index (χ3v) is 4.53. The first-order valence-corrected chi connectivity index (χ1v) is 9.24. The number of carbonyl (C=O) groups is 2. The highest BCUT2D eigenvalue weighted by molar-refractivity contribution is 6.11. The number of rotatable bonds is 5. The number of carbonyl (C=O) groups excluding carboxylic acids is 2. The molecule has 0 aliphatic carbocycles. The topological polar surface area (TPSA) is 74.8 Å². The van der Waals surface area contributed by atoms with Gasteiger partial charge in [0.15, 0.2) is 5.78 Å². The summed E-state index contributed by atoms with van der Waals surface area (Å²) in [6.07, 6.45) is 3.95. The van der Waals surface area contributed by atoms with Crippen molar-refractivity contribution < 1.29 is 9.59 Å². The lowest BCUT2D eigenvalue weighted by molar-refractivity contribution is -0.114. The lowest BCUT2D eigenvalue weighted by Crippen LogP contribution is -2.07. The van der Waals surface area contributed by atoms with E-state index in [1.807, 2.05) is 48.6 Å². The SMILES string of the molecule is CC(=O)Nc1cccc(C(=O)c2ccc3c(/C=C/c4ccccc4)n[nH]c3c2)c1. The summed E-state index contributed by atoms with van der Waals surface area (Å²) < 4.78 is 0. The Morgan fingerprint density at radius 3 is 2.48 bits per heavy atom. The van der Waals surface area contributed by atoms with Crippen LogP contribution in [0.4, 0.5) is 5.69 Å². The molecule has 0 radical (unpaired) electrons. The van der Waals surface area contributed by atoms with Gasteiger partial charge in [0.25, 0.3) is 0 Å². The van der Waals surface area contributed by atoms with Gasteiger partial charge in [0.2, 0.25) is 5.91 Å². The largest absolute Gasteiger partial charge is 0.326 e. The zero-order valence-electron chi connectivity index (χ0n) is 15.8. The number of ketones is 1. The van der Waals surface area contributed by atoms with Crippen molar-refractivity contribution in [2.75, 3.05) is 5.32 Å². The van der Waals surface area contributed by atoms with Crippen molar-refractivity contribution in [1.29, 1.82) is 0 Å². The normalized spacial score (nSPS) is 11.1. The first-order valence-electron chi connectivity index (χ1n) is 9.24. The average Bonchev–Trinajstić information content (AvgIpc) is 3.14. The van der Waals surface area contributed by atoms with Gasteiger partial charge in [0.1, 0.15) is 0 Å². The molecule has 0 saturated carbocycles. The van der Waals surface area contributed by atoms with Gasteiger partial charge in [0, 0.05) is 29.1 Å². The van der Waals surface area contributed by atoms with Crippen molar-refractivity contribution in [3.05, 3.63) is 95.2 Å². The van der Waals surface area contributed by atoms with E-state index in [9.17, 15) is 9.59 Å². The lowest BCUT2D eigenvalue weighted by atomic mass is 10.0. The molecule has 0 fully saturated rings. The number of aromatic amines is 1. The van der Waals surface area contributed by atoms with Gasteiger partial charge in [-0.25, -0.2) is 0 Å². The Morgan fingerprint density at radius 2 is 1.69 bits per heavy atom. The van der Waals surface area contributed by atoms with Gasteiger partial charge in [-0.1, -0.05) is 54.6 Å². The highest BCUT2D eigenvalue weighted by Gasteiger charge is 2.12. The molecule has 5 heteroatoms. The van der Waals surface area contributed by atoms with Crippen LogP contribution in [0.1, 0.15) is 34.1 Å². The van der Waals surface area contributed by atoms with Crippen molar-refractivity contribution in [2.24, 2.45) is 0 Å². The Bertz CT molecular complexity index is 1220. The molecule has 0 aliphatic rings. The van der Waals surface area contributed by atoms with E-state index in [0.29, 0.717) is 16.8 Å². The van der Waals surface area contributed by atoms with Crippen LogP contribution in [0.15, 0.2) is 72.8 Å². The van der Waals surface area contributed by atoms with Crippen LogP contribution in [0, 0.1) is 0 Å². The van der Waals surface area contributed by atoms with E-state index in [1.165, 1.54) is 6.92 Å². The Hall–Kier alpha value is -3.99. The number of fused-ring (bicyclic) bond motifs is 1. The molecule has 4 aromatic rings. The molecule has 0 unspecified atom stereocenters. The molecule has 5 nitrogen and oxygen atoms in total. The summed E-state index contributed by atoms with van der Waals surface area (Å²) >= 11 is 0. The van der Waals surface area contributed by atoms with Crippen LogP contribution in [0.2, 0.25) is 0 Å². The lowest BCUT2D eigenvalue weighted by Gasteiger charge is -2.05. The molecule has 0 aliphatic heterocycles. The van der Waals surface area contributed by atoms with Crippen LogP contribution in [-0.2, 0) is 4.79 Å². The molecule has 3 aromatic carbocycles. The van der Waals surface area contributed by atoms with E-state index in [1.54, 1.807) is 36.4 Å². The second kappa shape index (κ2) is 7.94. The maximum absolute atomic E-state index is 12.9. The van der Waals surface area contributed by atoms with E-state index in [-0.39, 0.29) is 11.7 Å².